The normalized spacial score (nSPS) is 32.3. The second kappa shape index (κ2) is 4.42. The maximum Gasteiger partial charge on any atom is 0.156 e. The molecule has 1 heterocycles. The summed E-state index contributed by atoms with van der Waals surface area (Å²) in [5.74, 6) is 0.233. The summed E-state index contributed by atoms with van der Waals surface area (Å²) in [5, 5.41) is 3.02. The van der Waals surface area contributed by atoms with E-state index in [1.54, 1.807) is 6.92 Å². The van der Waals surface area contributed by atoms with Crippen LogP contribution in [-0.2, 0) is 9.84 Å². The van der Waals surface area contributed by atoms with Crippen molar-refractivity contribution in [3.63, 3.8) is 0 Å². The molecule has 0 radical (unpaired) electrons. The average Bonchev–Trinajstić information content (AvgIpc) is 2.24. The van der Waals surface area contributed by atoms with Gasteiger partial charge in [-0.25, -0.2) is 8.42 Å². The summed E-state index contributed by atoms with van der Waals surface area (Å²) >= 11 is 0. The Bertz CT molecular complexity index is 493. The van der Waals surface area contributed by atoms with Gasteiger partial charge < -0.3 is 5.32 Å². The van der Waals surface area contributed by atoms with Gasteiger partial charge in [0.25, 0.3) is 0 Å². The van der Waals surface area contributed by atoms with Gasteiger partial charge in [-0.1, -0.05) is 29.8 Å². The van der Waals surface area contributed by atoms with E-state index >= 15 is 0 Å². The Morgan fingerprint density at radius 2 is 1.76 bits per heavy atom. The summed E-state index contributed by atoms with van der Waals surface area (Å²) < 4.78 is 24.0. The number of benzene rings is 1. The monoisotopic (exact) mass is 253 g/mol. The van der Waals surface area contributed by atoms with Crippen molar-refractivity contribution in [2.24, 2.45) is 0 Å². The van der Waals surface area contributed by atoms with Gasteiger partial charge in [0.15, 0.2) is 9.84 Å². The van der Waals surface area contributed by atoms with E-state index in [-0.39, 0.29) is 23.1 Å². The first kappa shape index (κ1) is 12.6. The Kier molecular flexibility index (Phi) is 3.27. The molecule has 94 valence electrons. The summed E-state index contributed by atoms with van der Waals surface area (Å²) in [5.41, 5.74) is 2.24. The number of hydrogen-bond acceptors (Lipinski definition) is 3. The molecule has 1 fully saturated rings. The SMILES string of the molecule is Cc1ccc(C2NC(C)CS(=O)(=O)C2C)cc1. The predicted octanol–water partition coefficient (Wildman–Crippen LogP) is 1.83. The Hall–Kier alpha value is -0.870. The lowest BCUT2D eigenvalue weighted by molar-refractivity contribution is 0.428. The molecule has 0 amide bonds. The van der Waals surface area contributed by atoms with Crippen LogP contribution in [0.2, 0.25) is 0 Å². The zero-order chi connectivity index (χ0) is 12.6. The van der Waals surface area contributed by atoms with E-state index in [2.05, 4.69) is 5.32 Å². The molecule has 0 aliphatic carbocycles. The van der Waals surface area contributed by atoms with Crippen LogP contribution in [-0.4, -0.2) is 25.5 Å². The molecule has 0 saturated carbocycles. The Balaban J connectivity index is 2.34. The van der Waals surface area contributed by atoms with Gasteiger partial charge in [-0.2, -0.15) is 0 Å². The first-order valence-electron chi connectivity index (χ1n) is 5.94. The van der Waals surface area contributed by atoms with Gasteiger partial charge in [0, 0.05) is 12.1 Å². The van der Waals surface area contributed by atoms with E-state index in [9.17, 15) is 8.42 Å². The Morgan fingerprint density at radius 3 is 2.35 bits per heavy atom. The second-order valence-corrected chi connectivity index (χ2v) is 7.39. The first-order valence-corrected chi connectivity index (χ1v) is 7.66. The maximum absolute atomic E-state index is 12.0. The fourth-order valence-electron chi connectivity index (χ4n) is 2.34. The zero-order valence-electron chi connectivity index (χ0n) is 10.5. The van der Waals surface area contributed by atoms with E-state index in [0.29, 0.717) is 0 Å². The van der Waals surface area contributed by atoms with E-state index in [1.807, 2.05) is 38.1 Å². The van der Waals surface area contributed by atoms with Gasteiger partial charge in [-0.05, 0) is 26.3 Å². The van der Waals surface area contributed by atoms with Gasteiger partial charge in [0.2, 0.25) is 0 Å². The van der Waals surface area contributed by atoms with Crippen molar-refractivity contribution in [2.75, 3.05) is 5.75 Å². The lowest BCUT2D eigenvalue weighted by Gasteiger charge is -2.34. The lowest BCUT2D eigenvalue weighted by atomic mass is 10.0. The minimum atomic E-state index is -2.98. The topological polar surface area (TPSA) is 46.2 Å². The van der Waals surface area contributed by atoms with Crippen LogP contribution in [0.3, 0.4) is 0 Å². The summed E-state index contributed by atoms with van der Waals surface area (Å²) in [4.78, 5) is 0. The van der Waals surface area contributed by atoms with Gasteiger partial charge in [0.1, 0.15) is 0 Å². The molecule has 1 aliphatic rings. The molecule has 0 aromatic heterocycles. The fourth-order valence-corrected chi connectivity index (χ4v) is 4.09. The van der Waals surface area contributed by atoms with Crippen LogP contribution in [0.5, 0.6) is 0 Å². The average molecular weight is 253 g/mol. The first-order chi connectivity index (χ1) is 7.90. The van der Waals surface area contributed by atoms with Crippen LogP contribution in [0.4, 0.5) is 0 Å². The molecule has 3 nitrogen and oxygen atoms in total. The van der Waals surface area contributed by atoms with Crippen molar-refractivity contribution in [1.82, 2.24) is 5.32 Å². The summed E-state index contributed by atoms with van der Waals surface area (Å²) in [7, 11) is -2.98. The van der Waals surface area contributed by atoms with Crippen molar-refractivity contribution in [2.45, 2.75) is 38.1 Å². The quantitative estimate of drug-likeness (QED) is 0.830. The molecule has 4 heteroatoms. The number of aryl methyl sites for hydroxylation is 1. The zero-order valence-corrected chi connectivity index (χ0v) is 11.3. The maximum atomic E-state index is 12.0. The Morgan fingerprint density at radius 1 is 1.18 bits per heavy atom. The van der Waals surface area contributed by atoms with Gasteiger partial charge in [0.05, 0.1) is 11.0 Å². The second-order valence-electron chi connectivity index (χ2n) is 4.99. The highest BCUT2D eigenvalue weighted by Gasteiger charge is 2.37. The number of nitrogens with one attached hydrogen (secondary N) is 1. The summed E-state index contributed by atoms with van der Waals surface area (Å²) in [6, 6.07) is 7.99. The fraction of sp³-hybridized carbons (Fsp3) is 0.538. The van der Waals surface area contributed by atoms with E-state index in [4.69, 9.17) is 0 Å². The van der Waals surface area contributed by atoms with Gasteiger partial charge in [-0.15, -0.1) is 0 Å². The summed E-state index contributed by atoms with van der Waals surface area (Å²) in [6.07, 6.45) is 0. The van der Waals surface area contributed by atoms with Gasteiger partial charge >= 0.3 is 0 Å². The molecule has 1 N–H and O–H groups in total. The van der Waals surface area contributed by atoms with Crippen molar-refractivity contribution in [1.29, 1.82) is 0 Å². The third kappa shape index (κ3) is 2.53. The number of hydrogen-bond donors (Lipinski definition) is 1. The number of sulfone groups is 1. The van der Waals surface area contributed by atoms with Crippen LogP contribution in [0.15, 0.2) is 24.3 Å². The third-order valence-electron chi connectivity index (χ3n) is 3.42. The van der Waals surface area contributed by atoms with Crippen LogP contribution in [0, 0.1) is 6.92 Å². The van der Waals surface area contributed by atoms with Crippen LogP contribution in [0.25, 0.3) is 0 Å². The van der Waals surface area contributed by atoms with Crippen LogP contribution < -0.4 is 5.32 Å². The highest BCUT2D eigenvalue weighted by Crippen LogP contribution is 2.27. The third-order valence-corrected chi connectivity index (χ3v) is 5.79. The smallest absolute Gasteiger partial charge is 0.156 e. The van der Waals surface area contributed by atoms with Crippen LogP contribution >= 0.6 is 0 Å². The minimum Gasteiger partial charge on any atom is -0.305 e. The van der Waals surface area contributed by atoms with Crippen molar-refractivity contribution in [3.05, 3.63) is 35.4 Å². The van der Waals surface area contributed by atoms with Gasteiger partial charge in [-0.3, -0.25) is 0 Å². The highest BCUT2D eigenvalue weighted by molar-refractivity contribution is 7.92. The van der Waals surface area contributed by atoms with Crippen LogP contribution in [0.1, 0.15) is 31.0 Å². The van der Waals surface area contributed by atoms with E-state index < -0.39 is 9.84 Å². The molecule has 3 unspecified atom stereocenters. The molecule has 1 aliphatic heterocycles. The number of rotatable bonds is 1. The molecular weight excluding hydrogens is 234 g/mol. The molecule has 1 saturated heterocycles. The van der Waals surface area contributed by atoms with E-state index in [0.717, 1.165) is 5.56 Å². The predicted molar refractivity (Wildman–Crippen MR) is 69.8 cm³/mol. The van der Waals surface area contributed by atoms with Crippen molar-refractivity contribution >= 4 is 9.84 Å². The molecule has 0 bridgehead atoms. The highest BCUT2D eigenvalue weighted by atomic mass is 32.2. The molecular formula is C13H19NO2S. The minimum absolute atomic E-state index is 0.0162. The Labute approximate surface area is 103 Å². The van der Waals surface area contributed by atoms with Crippen molar-refractivity contribution in [3.8, 4) is 0 Å². The standard InChI is InChI=1S/C13H19NO2S/c1-9-4-6-12(7-5-9)13-11(3)17(15,16)8-10(2)14-13/h4-7,10-11,13-14H,8H2,1-3H3. The largest absolute Gasteiger partial charge is 0.305 e. The summed E-state index contributed by atoms with van der Waals surface area (Å²) in [6.45, 7) is 5.74. The molecule has 17 heavy (non-hydrogen) atoms. The molecule has 1 aromatic carbocycles. The molecule has 3 atom stereocenters. The van der Waals surface area contributed by atoms with Crippen molar-refractivity contribution < 1.29 is 8.42 Å². The molecule has 2 rings (SSSR count). The van der Waals surface area contributed by atoms with E-state index in [1.165, 1.54) is 5.56 Å². The molecule has 0 spiro atoms. The molecule has 1 aromatic rings. The lowest BCUT2D eigenvalue weighted by Crippen LogP contribution is -2.50.